The second kappa shape index (κ2) is 44.0. The highest BCUT2D eigenvalue weighted by atomic mass is 31.2. The number of nitrogens with one attached hydrogen (secondary N) is 1. The van der Waals surface area contributed by atoms with E-state index in [-0.39, 0.29) is 38.5 Å². The van der Waals surface area contributed by atoms with E-state index in [9.17, 15) is 24.2 Å². The summed E-state index contributed by atoms with van der Waals surface area (Å²) in [5, 5.41) is 12.6. The summed E-state index contributed by atoms with van der Waals surface area (Å²) < 4.78 is 26.8. The topological polar surface area (TPSA) is 131 Å². The number of carbonyl (C=O) groups excluding carboxylic acids is 2. The van der Waals surface area contributed by atoms with E-state index >= 15 is 0 Å². The van der Waals surface area contributed by atoms with Crippen LogP contribution in [0, 0.1) is 0 Å². The lowest BCUT2D eigenvalue weighted by atomic mass is 10.1. The molecule has 0 aromatic carbocycles. The summed E-state index contributed by atoms with van der Waals surface area (Å²) in [6.45, 7) is 3.25. The Morgan fingerprint density at radius 3 is 1.46 bits per heavy atom. The Morgan fingerprint density at radius 1 is 0.542 bits per heavy atom. The van der Waals surface area contributed by atoms with Gasteiger partial charge in [-0.05, 0) is 96.3 Å². The van der Waals surface area contributed by atoms with Crippen molar-refractivity contribution in [3.05, 3.63) is 122 Å². The van der Waals surface area contributed by atoms with Crippen molar-refractivity contribution in [1.82, 2.24) is 5.32 Å². The highest BCUT2D eigenvalue weighted by Gasteiger charge is 2.23. The van der Waals surface area contributed by atoms with Crippen molar-refractivity contribution < 1.29 is 37.9 Å². The number of aliphatic hydroxyl groups excluding tert-OH is 1. The number of esters is 1. The van der Waals surface area contributed by atoms with Crippen molar-refractivity contribution >= 4 is 19.7 Å². The first kappa shape index (κ1) is 55.4. The standard InChI is InChI=1S/C49H78NO8P/c1-3-5-7-9-11-13-15-17-19-21-23-25-27-29-31-33-35-37-39-41-48(52)50-43-44-57-59(54,55)58-46-47(51)45-56-49(53)42-40-38-36-34-32-30-28-26-24-22-20-18-16-14-12-10-8-6-4-2/h5,7,11-14,17-20,23-26,29-32,35,37,47,51H,3-4,6,8-10,15-16,21-22,27-28,33-34,36,38-46H2,1-2H3,(H,50,52)(H,54,55)/b7-5-,13-11-,14-12-,19-17-,20-18-,25-23-,26-24-,31-29-,32-30-,37-35-. The van der Waals surface area contributed by atoms with E-state index in [1.54, 1.807) is 0 Å². The highest BCUT2D eigenvalue weighted by molar-refractivity contribution is 7.47. The quantitative estimate of drug-likeness (QED) is 0.0241. The Hall–Kier alpha value is -3.59. The number of amides is 1. The zero-order valence-electron chi connectivity index (χ0n) is 36.4. The van der Waals surface area contributed by atoms with Gasteiger partial charge in [0.25, 0.3) is 0 Å². The number of rotatable bonds is 39. The molecule has 2 unspecified atom stereocenters. The minimum Gasteiger partial charge on any atom is -0.463 e. The molecule has 0 heterocycles. The third-order valence-electron chi connectivity index (χ3n) is 8.39. The zero-order valence-corrected chi connectivity index (χ0v) is 37.3. The van der Waals surface area contributed by atoms with Crippen molar-refractivity contribution in [1.29, 1.82) is 0 Å². The van der Waals surface area contributed by atoms with Crippen molar-refractivity contribution in [3.63, 3.8) is 0 Å². The molecule has 0 aliphatic carbocycles. The predicted octanol–water partition coefficient (Wildman–Crippen LogP) is 12.5. The van der Waals surface area contributed by atoms with Crippen molar-refractivity contribution in [2.24, 2.45) is 0 Å². The molecule has 0 aromatic heterocycles. The number of phosphoric ester groups is 1. The molecule has 0 bridgehead atoms. The van der Waals surface area contributed by atoms with Crippen molar-refractivity contribution in [3.8, 4) is 0 Å². The van der Waals surface area contributed by atoms with Crippen LogP contribution in [0.3, 0.4) is 0 Å². The normalized spacial score (nSPS) is 14.4. The molecule has 9 nitrogen and oxygen atoms in total. The molecular formula is C49H78NO8P. The smallest absolute Gasteiger partial charge is 0.463 e. The molecule has 0 spiro atoms. The van der Waals surface area contributed by atoms with Crippen LogP contribution in [0.15, 0.2) is 122 Å². The number of unbranched alkanes of at least 4 members (excludes halogenated alkanes) is 6. The van der Waals surface area contributed by atoms with Crippen molar-refractivity contribution in [2.75, 3.05) is 26.4 Å². The van der Waals surface area contributed by atoms with E-state index in [0.29, 0.717) is 12.8 Å². The lowest BCUT2D eigenvalue weighted by molar-refractivity contribution is -0.147. The molecule has 3 N–H and O–H groups in total. The van der Waals surface area contributed by atoms with Crippen LogP contribution in [0.2, 0.25) is 0 Å². The minimum absolute atomic E-state index is 0.0280. The molecule has 0 aromatic rings. The highest BCUT2D eigenvalue weighted by Crippen LogP contribution is 2.42. The summed E-state index contributed by atoms with van der Waals surface area (Å²) in [4.78, 5) is 33.9. The predicted molar refractivity (Wildman–Crippen MR) is 247 cm³/mol. The van der Waals surface area contributed by atoms with Gasteiger partial charge in [-0.1, -0.05) is 155 Å². The summed E-state index contributed by atoms with van der Waals surface area (Å²) in [5.74, 6) is -0.646. The summed E-state index contributed by atoms with van der Waals surface area (Å²) >= 11 is 0. The van der Waals surface area contributed by atoms with Gasteiger partial charge in [0.2, 0.25) is 5.91 Å². The molecule has 0 aliphatic heterocycles. The number of hydrogen-bond acceptors (Lipinski definition) is 7. The lowest BCUT2D eigenvalue weighted by Gasteiger charge is -2.15. The average Bonchev–Trinajstić information content (AvgIpc) is 3.22. The van der Waals surface area contributed by atoms with Gasteiger partial charge in [-0.15, -0.1) is 0 Å². The summed E-state index contributed by atoms with van der Waals surface area (Å²) in [7, 11) is -4.46. The van der Waals surface area contributed by atoms with Gasteiger partial charge in [0.1, 0.15) is 12.7 Å². The van der Waals surface area contributed by atoms with Gasteiger partial charge in [0.05, 0.1) is 13.2 Å². The van der Waals surface area contributed by atoms with Crippen LogP contribution in [0.1, 0.15) is 142 Å². The van der Waals surface area contributed by atoms with E-state index in [0.717, 1.165) is 77.0 Å². The van der Waals surface area contributed by atoms with Crippen LogP contribution in [0.4, 0.5) is 0 Å². The molecule has 59 heavy (non-hydrogen) atoms. The van der Waals surface area contributed by atoms with Crippen LogP contribution in [-0.2, 0) is 27.9 Å². The number of ether oxygens (including phenoxy) is 1. The maximum absolute atomic E-state index is 12.1. The molecule has 332 valence electrons. The van der Waals surface area contributed by atoms with Crippen LogP contribution in [0.5, 0.6) is 0 Å². The molecule has 0 saturated carbocycles. The molecule has 0 fully saturated rings. The van der Waals surface area contributed by atoms with Crippen LogP contribution in [-0.4, -0.2) is 54.3 Å². The Morgan fingerprint density at radius 2 is 0.983 bits per heavy atom. The van der Waals surface area contributed by atoms with Gasteiger partial charge in [0, 0.05) is 19.4 Å². The van der Waals surface area contributed by atoms with Gasteiger partial charge in [-0.25, -0.2) is 4.57 Å². The van der Waals surface area contributed by atoms with E-state index in [2.05, 4.69) is 129 Å². The third-order valence-corrected chi connectivity index (χ3v) is 9.37. The number of carbonyl (C=O) groups is 2. The van der Waals surface area contributed by atoms with Crippen molar-refractivity contribution in [2.45, 2.75) is 148 Å². The van der Waals surface area contributed by atoms with Gasteiger partial charge in [-0.3, -0.25) is 18.6 Å². The fourth-order valence-electron chi connectivity index (χ4n) is 5.09. The molecule has 0 saturated heterocycles. The number of phosphoric acid groups is 1. The maximum Gasteiger partial charge on any atom is 0.472 e. The fourth-order valence-corrected chi connectivity index (χ4v) is 5.85. The monoisotopic (exact) mass is 840 g/mol. The van der Waals surface area contributed by atoms with Gasteiger partial charge in [-0.2, -0.15) is 0 Å². The Bertz CT molecular complexity index is 1370. The Balaban J connectivity index is 3.79. The van der Waals surface area contributed by atoms with Crippen LogP contribution in [0.25, 0.3) is 0 Å². The molecule has 0 rings (SSSR count). The maximum atomic E-state index is 12.1. The summed E-state index contributed by atoms with van der Waals surface area (Å²) in [6.07, 6.45) is 60.0. The van der Waals surface area contributed by atoms with Gasteiger partial charge < -0.3 is 20.1 Å². The Kier molecular flexibility index (Phi) is 41.3. The molecular weight excluding hydrogens is 762 g/mol. The van der Waals surface area contributed by atoms with Gasteiger partial charge >= 0.3 is 13.8 Å². The minimum atomic E-state index is -4.46. The average molecular weight is 840 g/mol. The summed E-state index contributed by atoms with van der Waals surface area (Å²) in [6, 6.07) is 0. The molecule has 0 radical (unpaired) electrons. The number of hydrogen-bond donors (Lipinski definition) is 3. The number of aliphatic hydroxyl groups is 1. The molecule has 2 atom stereocenters. The molecule has 0 aliphatic rings. The summed E-state index contributed by atoms with van der Waals surface area (Å²) in [5.41, 5.74) is 0. The molecule has 1 amide bonds. The van der Waals surface area contributed by atoms with Crippen LogP contribution >= 0.6 is 7.82 Å². The first-order valence-corrected chi connectivity index (χ1v) is 23.5. The lowest BCUT2D eigenvalue weighted by Crippen LogP contribution is -2.27. The zero-order chi connectivity index (χ0) is 43.2. The molecule has 10 heteroatoms. The van der Waals surface area contributed by atoms with E-state index in [1.807, 2.05) is 12.2 Å². The van der Waals surface area contributed by atoms with Gasteiger partial charge in [0.15, 0.2) is 0 Å². The third kappa shape index (κ3) is 45.3. The second-order valence-corrected chi connectivity index (χ2v) is 15.4. The first-order chi connectivity index (χ1) is 28.8. The van der Waals surface area contributed by atoms with E-state index < -0.39 is 26.5 Å². The number of allylic oxidation sites excluding steroid dienone is 20. The second-order valence-electron chi connectivity index (χ2n) is 13.9. The SMILES string of the molecule is CC/C=C\C/C=C\C/C=C\C/C=C\C/C=C\C/C=C\CCC(=O)NCCOP(=O)(O)OCC(O)COC(=O)CCCCC/C=C\C/C=C\C/C=C\C/C=C\CCCCC. The van der Waals surface area contributed by atoms with E-state index in [4.69, 9.17) is 13.8 Å². The van der Waals surface area contributed by atoms with Crippen LogP contribution < -0.4 is 5.32 Å². The first-order valence-electron chi connectivity index (χ1n) is 22.0. The van der Waals surface area contributed by atoms with E-state index in [1.165, 1.54) is 25.7 Å². The largest absolute Gasteiger partial charge is 0.472 e. The Labute approximate surface area is 358 Å². The fraction of sp³-hybridized carbons (Fsp3) is 0.551.